The molecule has 2 aromatic carbocycles. The average molecular weight is 497 g/mol. The van der Waals surface area contributed by atoms with Gasteiger partial charge in [0.15, 0.2) is 0 Å². The molecule has 1 aromatic heterocycles. The molecule has 1 heterocycles. The minimum Gasteiger partial charge on any atom is -0.508 e. The molecule has 35 heavy (non-hydrogen) atoms. The van der Waals surface area contributed by atoms with Crippen LogP contribution < -0.4 is 11.1 Å². The predicted octanol–water partition coefficient (Wildman–Crippen LogP) is 3.87. The number of aliphatic hydroxyl groups is 1. The molecule has 0 fully saturated rings. The van der Waals surface area contributed by atoms with E-state index in [1.807, 2.05) is 25.1 Å². The summed E-state index contributed by atoms with van der Waals surface area (Å²) in [5.74, 6) is 0.520. The highest BCUT2D eigenvalue weighted by Gasteiger charge is 2.15. The first-order valence-electron chi connectivity index (χ1n) is 11.7. The van der Waals surface area contributed by atoms with E-state index in [1.54, 1.807) is 35.4 Å². The third kappa shape index (κ3) is 8.24. The highest BCUT2D eigenvalue weighted by Crippen LogP contribution is 2.21. The number of rotatable bonds is 11. The van der Waals surface area contributed by atoms with E-state index in [1.165, 1.54) is 6.07 Å². The Balaban J connectivity index is 1.54. The van der Waals surface area contributed by atoms with Gasteiger partial charge in [-0.25, -0.2) is 4.98 Å². The number of nitrogen functional groups attached to an aromatic ring is 1. The number of nitrogens with two attached hydrogens (primary N) is 1. The summed E-state index contributed by atoms with van der Waals surface area (Å²) >= 11 is 6.03. The molecule has 0 aliphatic carbocycles. The molecule has 0 saturated heterocycles. The Morgan fingerprint density at radius 3 is 2.60 bits per heavy atom. The second-order valence-electron chi connectivity index (χ2n) is 8.77. The van der Waals surface area contributed by atoms with Crippen molar-refractivity contribution in [3.8, 4) is 5.75 Å². The number of phenols is 1. The van der Waals surface area contributed by atoms with Gasteiger partial charge in [0, 0.05) is 42.5 Å². The molecule has 0 radical (unpaired) electrons. The summed E-state index contributed by atoms with van der Waals surface area (Å²) in [5.41, 5.74) is 9.16. The molecule has 3 aromatic rings. The lowest BCUT2D eigenvalue weighted by atomic mass is 10.0. The maximum absolute atomic E-state index is 13.0. The van der Waals surface area contributed by atoms with Crippen LogP contribution in [-0.4, -0.2) is 45.1 Å². The van der Waals surface area contributed by atoms with Crippen molar-refractivity contribution in [1.29, 1.82) is 0 Å². The minimum absolute atomic E-state index is 0.00974. The van der Waals surface area contributed by atoms with Crippen molar-refractivity contribution in [2.24, 2.45) is 0 Å². The van der Waals surface area contributed by atoms with Crippen molar-refractivity contribution in [2.45, 2.75) is 45.4 Å². The van der Waals surface area contributed by atoms with Gasteiger partial charge in [0.2, 0.25) is 5.91 Å². The zero-order chi connectivity index (χ0) is 25.4. The molecule has 0 bridgehead atoms. The fourth-order valence-corrected chi connectivity index (χ4v) is 4.20. The van der Waals surface area contributed by atoms with Crippen LogP contribution >= 0.6 is 11.6 Å². The number of nitrogens with one attached hydrogen (secondary N) is 1. The number of carbonyl (C=O) groups is 1. The summed E-state index contributed by atoms with van der Waals surface area (Å²) in [6.07, 6.45) is 1.96. The van der Waals surface area contributed by atoms with Crippen LogP contribution in [0, 0.1) is 0 Å². The molecule has 186 valence electrons. The molecule has 0 spiro atoms. The van der Waals surface area contributed by atoms with Crippen LogP contribution in [0.5, 0.6) is 5.75 Å². The highest BCUT2D eigenvalue weighted by atomic mass is 35.5. The summed E-state index contributed by atoms with van der Waals surface area (Å²) in [6, 6.07) is 16.4. The Morgan fingerprint density at radius 1 is 1.14 bits per heavy atom. The van der Waals surface area contributed by atoms with E-state index in [4.69, 9.17) is 17.3 Å². The summed E-state index contributed by atoms with van der Waals surface area (Å²) in [5, 5.41) is 23.9. The van der Waals surface area contributed by atoms with Gasteiger partial charge in [-0.05, 0) is 61.2 Å². The monoisotopic (exact) mass is 496 g/mol. The van der Waals surface area contributed by atoms with Crippen LogP contribution in [0.25, 0.3) is 0 Å². The standard InChI is InChI=1S/C27H33ClN4O3/c1-3-32(17-21-11-23(28)14-24(33)12-21)27(35)13-20-6-4-5-19(10-20)9-18(2)30-16-25(34)22-7-8-26(29)31-15-22/h4-8,10-12,14-15,18,25,30,33-34H,3,9,13,16-17H2,1-2H3,(H2,29,31)/t18-,25+/m1/s1. The van der Waals surface area contributed by atoms with Gasteiger partial charge in [0.05, 0.1) is 12.5 Å². The zero-order valence-electron chi connectivity index (χ0n) is 20.1. The number of benzene rings is 2. The van der Waals surface area contributed by atoms with Gasteiger partial charge >= 0.3 is 0 Å². The third-order valence-electron chi connectivity index (χ3n) is 5.79. The van der Waals surface area contributed by atoms with Gasteiger partial charge in [0.25, 0.3) is 0 Å². The van der Waals surface area contributed by atoms with Gasteiger partial charge in [-0.2, -0.15) is 0 Å². The van der Waals surface area contributed by atoms with E-state index in [2.05, 4.69) is 23.3 Å². The average Bonchev–Trinajstić information content (AvgIpc) is 2.81. The number of halogens is 1. The first kappa shape index (κ1) is 26.5. The number of nitrogens with zero attached hydrogens (tertiary/aromatic N) is 2. The molecule has 5 N–H and O–H groups in total. The van der Waals surface area contributed by atoms with Crippen molar-refractivity contribution in [3.63, 3.8) is 0 Å². The van der Waals surface area contributed by atoms with Crippen LogP contribution in [0.2, 0.25) is 5.02 Å². The normalized spacial score (nSPS) is 12.8. The Kier molecular flexibility index (Phi) is 9.48. The van der Waals surface area contributed by atoms with Crippen molar-refractivity contribution < 1.29 is 15.0 Å². The lowest BCUT2D eigenvalue weighted by Gasteiger charge is -2.22. The number of aliphatic hydroxyl groups excluding tert-OH is 1. The number of aromatic nitrogens is 1. The third-order valence-corrected chi connectivity index (χ3v) is 6.01. The molecule has 2 atom stereocenters. The predicted molar refractivity (Wildman–Crippen MR) is 139 cm³/mol. The van der Waals surface area contributed by atoms with Crippen molar-refractivity contribution in [2.75, 3.05) is 18.8 Å². The molecule has 0 unspecified atom stereocenters. The van der Waals surface area contributed by atoms with E-state index in [9.17, 15) is 15.0 Å². The van der Waals surface area contributed by atoms with Crippen LogP contribution in [-0.2, 0) is 24.2 Å². The van der Waals surface area contributed by atoms with Crippen LogP contribution in [0.1, 0.15) is 42.2 Å². The maximum atomic E-state index is 13.0. The molecule has 1 amide bonds. The van der Waals surface area contributed by atoms with E-state index in [0.717, 1.165) is 23.1 Å². The van der Waals surface area contributed by atoms with Gasteiger partial charge in [-0.15, -0.1) is 0 Å². The number of anilines is 1. The highest BCUT2D eigenvalue weighted by molar-refractivity contribution is 6.30. The maximum Gasteiger partial charge on any atom is 0.227 e. The SMILES string of the molecule is CCN(Cc1cc(O)cc(Cl)c1)C(=O)Cc1cccc(C[C@@H](C)NC[C@H](O)c2ccc(N)nc2)c1. The molecule has 3 rings (SSSR count). The zero-order valence-corrected chi connectivity index (χ0v) is 20.9. The lowest BCUT2D eigenvalue weighted by Crippen LogP contribution is -2.32. The van der Waals surface area contributed by atoms with Crippen molar-refractivity contribution in [3.05, 3.63) is 88.1 Å². The second kappa shape index (κ2) is 12.5. The molecular weight excluding hydrogens is 464 g/mol. The second-order valence-corrected chi connectivity index (χ2v) is 9.20. The molecule has 0 saturated carbocycles. The first-order chi connectivity index (χ1) is 16.7. The van der Waals surface area contributed by atoms with Gasteiger partial charge < -0.3 is 26.2 Å². The summed E-state index contributed by atoms with van der Waals surface area (Å²) < 4.78 is 0. The van der Waals surface area contributed by atoms with E-state index in [-0.39, 0.29) is 17.7 Å². The Morgan fingerprint density at radius 2 is 1.91 bits per heavy atom. The fourth-order valence-electron chi connectivity index (χ4n) is 3.94. The molecule has 8 heteroatoms. The molecule has 0 aliphatic rings. The largest absolute Gasteiger partial charge is 0.508 e. The molecule has 0 aliphatic heterocycles. The minimum atomic E-state index is -0.670. The number of amides is 1. The van der Waals surface area contributed by atoms with Crippen molar-refractivity contribution >= 4 is 23.3 Å². The topological polar surface area (TPSA) is 112 Å². The fraction of sp³-hybridized carbons (Fsp3) is 0.333. The number of carbonyl (C=O) groups excluding carboxylic acids is 1. The number of hydrogen-bond donors (Lipinski definition) is 4. The summed E-state index contributed by atoms with van der Waals surface area (Å²) in [6.45, 7) is 5.33. The Bertz CT molecular complexity index is 1100. The van der Waals surface area contributed by atoms with Crippen molar-refractivity contribution in [1.82, 2.24) is 15.2 Å². The quantitative estimate of drug-likeness (QED) is 0.320. The van der Waals surface area contributed by atoms with E-state index >= 15 is 0 Å². The number of pyridine rings is 1. The van der Waals surface area contributed by atoms with Gasteiger partial charge in [-0.1, -0.05) is 41.9 Å². The molecular formula is C27H33ClN4O3. The number of likely N-dealkylation sites (N-methyl/N-ethyl adjacent to an activating group) is 1. The number of hydrogen-bond acceptors (Lipinski definition) is 6. The number of aromatic hydroxyl groups is 1. The van der Waals surface area contributed by atoms with Crippen LogP contribution in [0.15, 0.2) is 60.8 Å². The van der Waals surface area contributed by atoms with Gasteiger partial charge in [0.1, 0.15) is 11.6 Å². The Hall–Kier alpha value is -3.13. The lowest BCUT2D eigenvalue weighted by molar-refractivity contribution is -0.130. The first-order valence-corrected chi connectivity index (χ1v) is 12.1. The smallest absolute Gasteiger partial charge is 0.227 e. The summed E-state index contributed by atoms with van der Waals surface area (Å²) in [4.78, 5) is 18.7. The van der Waals surface area contributed by atoms with Crippen LogP contribution in [0.3, 0.4) is 0 Å². The van der Waals surface area contributed by atoms with Crippen LogP contribution in [0.4, 0.5) is 5.82 Å². The van der Waals surface area contributed by atoms with Gasteiger partial charge in [-0.3, -0.25) is 4.79 Å². The van der Waals surface area contributed by atoms with E-state index in [0.29, 0.717) is 42.5 Å². The summed E-state index contributed by atoms with van der Waals surface area (Å²) in [7, 11) is 0. The Labute approximate surface area is 211 Å². The molecule has 7 nitrogen and oxygen atoms in total. The number of phenolic OH excluding ortho intramolecular Hbond substituents is 1. The van der Waals surface area contributed by atoms with E-state index < -0.39 is 6.10 Å².